The highest BCUT2D eigenvalue weighted by atomic mass is 35.5. The average Bonchev–Trinajstić information content (AvgIpc) is 2.23. The third-order valence-corrected chi connectivity index (χ3v) is 1.80. The Bertz CT molecular complexity index is 380. The van der Waals surface area contributed by atoms with Crippen LogP contribution in [0.5, 0.6) is 0 Å². The Morgan fingerprint density at radius 2 is 2.00 bits per heavy atom. The summed E-state index contributed by atoms with van der Waals surface area (Å²) in [6, 6.07) is 0. The summed E-state index contributed by atoms with van der Waals surface area (Å²) in [6.45, 7) is 1.10. The van der Waals surface area contributed by atoms with Crippen LogP contribution in [0.1, 0.15) is 21.7 Å². The van der Waals surface area contributed by atoms with Crippen LogP contribution in [0, 0.1) is 6.92 Å². The number of aromatic carboxylic acids is 1. The molecule has 1 rings (SSSR count). The molecule has 1 N–H and O–H groups in total. The molecule has 1 aromatic heterocycles. The fourth-order valence-electron chi connectivity index (χ4n) is 1.02. The molecule has 0 bridgehead atoms. The Hall–Kier alpha value is -1.17. The molecule has 0 saturated heterocycles. The molecule has 78 valence electrons. The zero-order valence-corrected chi connectivity index (χ0v) is 7.53. The van der Waals surface area contributed by atoms with Gasteiger partial charge in [-0.05, 0) is 18.5 Å². The molecule has 0 atom stereocenters. The van der Waals surface area contributed by atoms with Gasteiger partial charge in [0, 0.05) is 0 Å². The quantitative estimate of drug-likeness (QED) is 0.804. The van der Waals surface area contributed by atoms with Crippen LogP contribution < -0.4 is 0 Å². The van der Waals surface area contributed by atoms with Gasteiger partial charge in [0.2, 0.25) is 5.22 Å². The van der Waals surface area contributed by atoms with Crippen LogP contribution in [-0.4, -0.2) is 11.1 Å². The second-order valence-corrected chi connectivity index (χ2v) is 2.83. The van der Waals surface area contributed by atoms with E-state index in [0.717, 1.165) is 6.92 Å². The van der Waals surface area contributed by atoms with Crippen molar-refractivity contribution in [2.45, 2.75) is 13.1 Å². The zero-order valence-electron chi connectivity index (χ0n) is 6.78. The lowest BCUT2D eigenvalue weighted by molar-refractivity contribution is -0.138. The van der Waals surface area contributed by atoms with Gasteiger partial charge in [-0.1, -0.05) is 0 Å². The minimum Gasteiger partial charge on any atom is -0.478 e. The van der Waals surface area contributed by atoms with Crippen molar-refractivity contribution in [3.63, 3.8) is 0 Å². The Balaban J connectivity index is 3.48. The molecule has 0 aliphatic rings. The van der Waals surface area contributed by atoms with Gasteiger partial charge in [-0.25, -0.2) is 4.79 Å². The standard InChI is InChI=1S/C7H4ClF3O3/c1-2-3(6(12)13)4(5(8)14-2)7(9,10)11/h1H3,(H,12,13). The molecule has 0 radical (unpaired) electrons. The Labute approximate surface area is 81.1 Å². The van der Waals surface area contributed by atoms with Gasteiger partial charge in [-0.2, -0.15) is 13.2 Å². The van der Waals surface area contributed by atoms with Gasteiger partial charge in [-0.3, -0.25) is 0 Å². The molecule has 0 spiro atoms. The van der Waals surface area contributed by atoms with Crippen molar-refractivity contribution in [3.05, 3.63) is 22.1 Å². The average molecular weight is 229 g/mol. The number of aryl methyl sites for hydroxylation is 1. The predicted molar refractivity (Wildman–Crippen MR) is 40.4 cm³/mol. The number of alkyl halides is 3. The van der Waals surface area contributed by atoms with Gasteiger partial charge >= 0.3 is 12.1 Å². The number of hydrogen-bond donors (Lipinski definition) is 1. The Morgan fingerprint density at radius 1 is 1.50 bits per heavy atom. The first kappa shape index (κ1) is 10.9. The van der Waals surface area contributed by atoms with Gasteiger partial charge in [0.25, 0.3) is 0 Å². The first-order valence-electron chi connectivity index (χ1n) is 3.34. The molecule has 0 fully saturated rings. The number of rotatable bonds is 1. The van der Waals surface area contributed by atoms with Crippen molar-refractivity contribution < 1.29 is 27.5 Å². The van der Waals surface area contributed by atoms with Crippen molar-refractivity contribution in [2.75, 3.05) is 0 Å². The normalized spacial score (nSPS) is 11.8. The molecule has 0 aliphatic carbocycles. The van der Waals surface area contributed by atoms with E-state index in [1.54, 1.807) is 0 Å². The SMILES string of the molecule is Cc1oc(Cl)c(C(F)(F)F)c1C(=O)O. The Morgan fingerprint density at radius 3 is 2.29 bits per heavy atom. The van der Waals surface area contributed by atoms with Gasteiger partial charge in [0.15, 0.2) is 0 Å². The highest BCUT2D eigenvalue weighted by molar-refractivity contribution is 6.30. The second kappa shape index (κ2) is 3.20. The first-order chi connectivity index (χ1) is 6.25. The highest BCUT2D eigenvalue weighted by Gasteiger charge is 2.42. The molecule has 7 heteroatoms. The third-order valence-electron chi connectivity index (χ3n) is 1.54. The molecule has 14 heavy (non-hydrogen) atoms. The number of furan rings is 1. The van der Waals surface area contributed by atoms with Crippen LogP contribution in [0.15, 0.2) is 4.42 Å². The van der Waals surface area contributed by atoms with Crippen LogP contribution >= 0.6 is 11.6 Å². The summed E-state index contributed by atoms with van der Waals surface area (Å²) in [4.78, 5) is 10.5. The summed E-state index contributed by atoms with van der Waals surface area (Å²) in [5.41, 5.74) is -2.38. The van der Waals surface area contributed by atoms with Crippen LogP contribution in [-0.2, 0) is 6.18 Å². The number of halogens is 4. The molecule has 1 aromatic rings. The van der Waals surface area contributed by atoms with E-state index < -0.39 is 28.5 Å². The summed E-state index contributed by atoms with van der Waals surface area (Å²) in [6.07, 6.45) is -4.83. The lowest BCUT2D eigenvalue weighted by atomic mass is 10.1. The summed E-state index contributed by atoms with van der Waals surface area (Å²) in [5.74, 6) is -2.08. The topological polar surface area (TPSA) is 50.4 Å². The molecular formula is C7H4ClF3O3. The van der Waals surface area contributed by atoms with E-state index in [9.17, 15) is 18.0 Å². The van der Waals surface area contributed by atoms with E-state index in [-0.39, 0.29) is 5.76 Å². The minimum atomic E-state index is -4.83. The Kier molecular flexibility index (Phi) is 2.49. The van der Waals surface area contributed by atoms with E-state index in [2.05, 4.69) is 4.42 Å². The van der Waals surface area contributed by atoms with Crippen LogP contribution in [0.25, 0.3) is 0 Å². The van der Waals surface area contributed by atoms with Gasteiger partial charge in [0.05, 0.1) is 0 Å². The second-order valence-electron chi connectivity index (χ2n) is 2.48. The molecule has 0 amide bonds. The van der Waals surface area contributed by atoms with E-state index in [4.69, 9.17) is 16.7 Å². The van der Waals surface area contributed by atoms with E-state index in [0.29, 0.717) is 0 Å². The largest absolute Gasteiger partial charge is 0.478 e. The number of carboxylic acids is 1. The van der Waals surface area contributed by atoms with Crippen LogP contribution in [0.4, 0.5) is 13.2 Å². The molecule has 0 unspecified atom stereocenters. The molecule has 0 aromatic carbocycles. The fourth-order valence-corrected chi connectivity index (χ4v) is 1.34. The maximum Gasteiger partial charge on any atom is 0.421 e. The maximum absolute atomic E-state index is 12.3. The number of carbonyl (C=O) groups is 1. The number of hydrogen-bond acceptors (Lipinski definition) is 2. The van der Waals surface area contributed by atoms with Crippen molar-refractivity contribution in [1.82, 2.24) is 0 Å². The zero-order chi connectivity index (χ0) is 11.1. The lowest BCUT2D eigenvalue weighted by Gasteiger charge is -2.04. The maximum atomic E-state index is 12.3. The molecule has 1 heterocycles. The monoisotopic (exact) mass is 228 g/mol. The molecule has 3 nitrogen and oxygen atoms in total. The smallest absolute Gasteiger partial charge is 0.421 e. The lowest BCUT2D eigenvalue weighted by Crippen LogP contribution is -2.11. The van der Waals surface area contributed by atoms with Gasteiger partial charge < -0.3 is 9.52 Å². The fraction of sp³-hybridized carbons (Fsp3) is 0.286. The number of carboxylic acid groups (broad SMARTS) is 1. The van der Waals surface area contributed by atoms with Crippen molar-refractivity contribution >= 4 is 17.6 Å². The van der Waals surface area contributed by atoms with Crippen molar-refractivity contribution in [2.24, 2.45) is 0 Å². The van der Waals surface area contributed by atoms with Crippen molar-refractivity contribution in [1.29, 1.82) is 0 Å². The molecule has 0 saturated carbocycles. The van der Waals surface area contributed by atoms with Gasteiger partial charge in [-0.15, -0.1) is 0 Å². The predicted octanol–water partition coefficient (Wildman–Crippen LogP) is 2.96. The van der Waals surface area contributed by atoms with Crippen LogP contribution in [0.2, 0.25) is 5.22 Å². The summed E-state index contributed by atoms with van der Waals surface area (Å²) in [5, 5.41) is 7.55. The summed E-state index contributed by atoms with van der Waals surface area (Å²) < 4.78 is 41.2. The molecular weight excluding hydrogens is 225 g/mol. The first-order valence-corrected chi connectivity index (χ1v) is 3.72. The summed E-state index contributed by atoms with van der Waals surface area (Å²) in [7, 11) is 0. The summed E-state index contributed by atoms with van der Waals surface area (Å²) >= 11 is 5.13. The minimum absolute atomic E-state index is 0.366. The van der Waals surface area contributed by atoms with E-state index in [1.165, 1.54) is 0 Å². The van der Waals surface area contributed by atoms with Gasteiger partial charge in [0.1, 0.15) is 16.9 Å². The van der Waals surface area contributed by atoms with Crippen molar-refractivity contribution in [3.8, 4) is 0 Å². The molecule has 0 aliphatic heterocycles. The third kappa shape index (κ3) is 1.70. The van der Waals surface area contributed by atoms with E-state index in [1.807, 2.05) is 0 Å². The van der Waals surface area contributed by atoms with Crippen LogP contribution in [0.3, 0.4) is 0 Å². The highest BCUT2D eigenvalue weighted by Crippen LogP contribution is 2.40. The van der Waals surface area contributed by atoms with E-state index >= 15 is 0 Å².